The summed E-state index contributed by atoms with van der Waals surface area (Å²) in [5.41, 5.74) is 4.08. The molecule has 1 N–H and O–H groups in total. The van der Waals surface area contributed by atoms with Gasteiger partial charge in [0.1, 0.15) is 39.8 Å². The van der Waals surface area contributed by atoms with Gasteiger partial charge in [0, 0.05) is 53.1 Å². The molecule has 0 bridgehead atoms. The molecule has 0 aliphatic heterocycles. The number of halogens is 2. The number of carbonyl (C=O) groups excluding carboxylic acids is 1. The van der Waals surface area contributed by atoms with Crippen molar-refractivity contribution in [3.8, 4) is 33.0 Å². The van der Waals surface area contributed by atoms with E-state index in [4.69, 9.17) is 4.42 Å². The molecule has 41 heavy (non-hydrogen) atoms. The lowest BCUT2D eigenvalue weighted by molar-refractivity contribution is 0.0964. The topological polar surface area (TPSA) is 94.3 Å². The van der Waals surface area contributed by atoms with Crippen molar-refractivity contribution in [1.82, 2.24) is 15.3 Å². The largest absolute Gasteiger partial charge is 0.593 e. The second kappa shape index (κ2) is 10.6. The van der Waals surface area contributed by atoms with E-state index >= 15 is 0 Å². The number of thiazole rings is 1. The van der Waals surface area contributed by atoms with Crippen molar-refractivity contribution in [1.29, 1.82) is 0 Å². The molecule has 0 fully saturated rings. The number of nitrogens with one attached hydrogen (secondary N) is 1. The van der Waals surface area contributed by atoms with E-state index in [0.717, 1.165) is 4.70 Å². The smallest absolute Gasteiger partial charge is 0.255 e. The van der Waals surface area contributed by atoms with Crippen molar-refractivity contribution >= 4 is 55.5 Å². The number of benzene rings is 3. The van der Waals surface area contributed by atoms with E-state index in [0.29, 0.717) is 49.4 Å². The molecule has 0 radical (unpaired) electrons. The van der Waals surface area contributed by atoms with Crippen LogP contribution in [0.5, 0.6) is 0 Å². The summed E-state index contributed by atoms with van der Waals surface area (Å²) in [5, 5.41) is 3.78. The van der Waals surface area contributed by atoms with Crippen LogP contribution in [0.4, 0.5) is 14.5 Å². The van der Waals surface area contributed by atoms with Gasteiger partial charge in [-0.1, -0.05) is 6.07 Å². The Labute approximate surface area is 240 Å². The van der Waals surface area contributed by atoms with E-state index in [1.165, 1.54) is 36.6 Å². The van der Waals surface area contributed by atoms with Crippen molar-refractivity contribution in [3.63, 3.8) is 0 Å². The number of rotatable bonds is 6. The number of anilines is 1. The van der Waals surface area contributed by atoms with Crippen LogP contribution in [-0.4, -0.2) is 40.8 Å². The molecule has 7 nitrogen and oxygen atoms in total. The lowest BCUT2D eigenvalue weighted by atomic mass is 9.98. The minimum absolute atomic E-state index is 0.283. The maximum atomic E-state index is 14.3. The van der Waals surface area contributed by atoms with Crippen LogP contribution in [0.25, 0.3) is 54.2 Å². The third-order valence-corrected chi connectivity index (χ3v) is 8.80. The summed E-state index contributed by atoms with van der Waals surface area (Å²) in [7, 11) is 3.21. The fourth-order valence-corrected chi connectivity index (χ4v) is 6.05. The molecule has 1 unspecified atom stereocenters. The molecule has 1 amide bonds. The van der Waals surface area contributed by atoms with E-state index in [1.54, 1.807) is 60.3 Å². The molecule has 3 heterocycles. The van der Waals surface area contributed by atoms with E-state index in [-0.39, 0.29) is 17.2 Å². The summed E-state index contributed by atoms with van der Waals surface area (Å²) in [6.45, 7) is 0. The Balaban J connectivity index is 1.58. The van der Waals surface area contributed by atoms with Crippen molar-refractivity contribution in [2.45, 2.75) is 0 Å². The minimum Gasteiger partial charge on any atom is -0.593 e. The van der Waals surface area contributed by atoms with Crippen molar-refractivity contribution in [2.75, 3.05) is 24.7 Å². The molecule has 206 valence electrons. The van der Waals surface area contributed by atoms with Gasteiger partial charge in [-0.2, -0.15) is 4.31 Å². The summed E-state index contributed by atoms with van der Waals surface area (Å²) in [4.78, 5) is 22.0. The molecule has 3 aromatic carbocycles. The molecular formula is C30H22F2N4O3S2. The Morgan fingerprint density at radius 3 is 2.51 bits per heavy atom. The number of hydrogen-bond acceptors (Lipinski definition) is 7. The van der Waals surface area contributed by atoms with Gasteiger partial charge >= 0.3 is 0 Å². The highest BCUT2D eigenvalue weighted by Gasteiger charge is 2.26. The van der Waals surface area contributed by atoms with Gasteiger partial charge < -0.3 is 14.3 Å². The number of amides is 1. The van der Waals surface area contributed by atoms with E-state index in [2.05, 4.69) is 15.3 Å². The number of para-hydroxylation sites is 1. The molecule has 11 heteroatoms. The van der Waals surface area contributed by atoms with Crippen LogP contribution in [-0.2, 0) is 11.4 Å². The quantitative estimate of drug-likeness (QED) is 0.215. The van der Waals surface area contributed by atoms with Gasteiger partial charge in [0.15, 0.2) is 0 Å². The Kier molecular flexibility index (Phi) is 6.94. The van der Waals surface area contributed by atoms with Crippen LogP contribution < -0.4 is 9.62 Å². The maximum absolute atomic E-state index is 14.3. The molecule has 6 rings (SSSR count). The number of furan rings is 1. The number of fused-ring (bicyclic) bond motifs is 2. The number of nitrogens with zero attached hydrogens (tertiary/aromatic N) is 3. The first-order chi connectivity index (χ1) is 19.7. The van der Waals surface area contributed by atoms with Gasteiger partial charge in [-0.15, -0.1) is 11.3 Å². The fraction of sp³-hybridized carbons (Fsp3) is 0.100. The first-order valence-electron chi connectivity index (χ1n) is 12.4. The average Bonchev–Trinajstić information content (AvgIpc) is 3.59. The van der Waals surface area contributed by atoms with Crippen LogP contribution >= 0.6 is 11.3 Å². The highest BCUT2D eigenvalue weighted by atomic mass is 32.2. The lowest BCUT2D eigenvalue weighted by Crippen LogP contribution is -2.25. The molecular weight excluding hydrogens is 566 g/mol. The van der Waals surface area contributed by atoms with Gasteiger partial charge in [0.2, 0.25) is 0 Å². The summed E-state index contributed by atoms with van der Waals surface area (Å²) in [5.74, 6) is -0.901. The van der Waals surface area contributed by atoms with E-state index < -0.39 is 23.0 Å². The first kappa shape index (κ1) is 26.9. The van der Waals surface area contributed by atoms with E-state index in [1.807, 2.05) is 12.1 Å². The third kappa shape index (κ3) is 4.82. The second-order valence-corrected chi connectivity index (χ2v) is 11.7. The summed E-state index contributed by atoms with van der Waals surface area (Å²) in [6, 6.07) is 15.9. The SMILES string of the molecule is CNC(=O)c1c(-c2ccc(F)cc2)oc2cc(N(C)[S+](C)[O-])c(-c3cncc(-c4nc5c(F)cccc5s4)c3)cc12. The monoisotopic (exact) mass is 588 g/mol. The van der Waals surface area contributed by atoms with Crippen LogP contribution in [0.1, 0.15) is 10.4 Å². The molecule has 3 aromatic heterocycles. The standard InChI is InChI=1S/C30H22F2N4O3S2/c1-33-29(37)26-21-12-20(17-11-18(15-34-14-17)30-35-27-22(32)5-4-6-25(27)40-30)23(36(2)41(3)38)13-24(21)39-28(26)16-7-9-19(31)10-8-16/h4-15H,1-3H3,(H,33,37). The highest BCUT2D eigenvalue weighted by molar-refractivity contribution is 7.92. The van der Waals surface area contributed by atoms with Crippen molar-refractivity contribution in [2.24, 2.45) is 0 Å². The molecule has 0 saturated carbocycles. The van der Waals surface area contributed by atoms with Crippen LogP contribution in [0, 0.1) is 11.6 Å². The highest BCUT2D eigenvalue weighted by Crippen LogP contribution is 2.42. The molecule has 0 aliphatic rings. The molecule has 0 spiro atoms. The number of pyridine rings is 1. The normalized spacial score (nSPS) is 12.1. The molecule has 0 saturated heterocycles. The Morgan fingerprint density at radius 2 is 1.80 bits per heavy atom. The minimum atomic E-state index is -1.39. The molecule has 1 atom stereocenters. The Bertz CT molecular complexity index is 1940. The zero-order valence-electron chi connectivity index (χ0n) is 22.1. The van der Waals surface area contributed by atoms with Crippen LogP contribution in [0.2, 0.25) is 0 Å². The Morgan fingerprint density at radius 1 is 1.05 bits per heavy atom. The van der Waals surface area contributed by atoms with Crippen LogP contribution in [0.15, 0.2) is 77.5 Å². The molecule has 6 aromatic rings. The van der Waals surface area contributed by atoms with Gasteiger partial charge in [0.05, 0.1) is 34.4 Å². The van der Waals surface area contributed by atoms with Gasteiger partial charge in [-0.05, 0) is 48.5 Å². The van der Waals surface area contributed by atoms with Gasteiger partial charge in [0.25, 0.3) is 5.91 Å². The summed E-state index contributed by atoms with van der Waals surface area (Å²) in [6.07, 6.45) is 4.87. The van der Waals surface area contributed by atoms with Crippen molar-refractivity contribution < 1.29 is 22.5 Å². The zero-order valence-corrected chi connectivity index (χ0v) is 23.7. The maximum Gasteiger partial charge on any atom is 0.255 e. The van der Waals surface area contributed by atoms with Gasteiger partial charge in [-0.3, -0.25) is 9.78 Å². The lowest BCUT2D eigenvalue weighted by Gasteiger charge is -2.22. The predicted molar refractivity (Wildman–Crippen MR) is 159 cm³/mol. The Hall–Kier alpha value is -4.32. The van der Waals surface area contributed by atoms with Crippen LogP contribution in [0.3, 0.4) is 0 Å². The predicted octanol–water partition coefficient (Wildman–Crippen LogP) is 6.81. The fourth-order valence-electron chi connectivity index (χ4n) is 4.66. The second-order valence-electron chi connectivity index (χ2n) is 9.25. The van der Waals surface area contributed by atoms with Gasteiger partial charge in [-0.25, -0.2) is 13.8 Å². The molecule has 0 aliphatic carbocycles. The summed E-state index contributed by atoms with van der Waals surface area (Å²) >= 11 is -0.0391. The first-order valence-corrected chi connectivity index (χ1v) is 14.7. The number of carbonyl (C=O) groups is 1. The van der Waals surface area contributed by atoms with E-state index in [9.17, 15) is 18.1 Å². The zero-order chi connectivity index (χ0) is 28.8. The average molecular weight is 589 g/mol. The third-order valence-electron chi connectivity index (χ3n) is 6.76. The summed E-state index contributed by atoms with van der Waals surface area (Å²) < 4.78 is 49.1. The van der Waals surface area contributed by atoms with Crippen molar-refractivity contribution in [3.05, 3.63) is 90.3 Å². The number of aromatic nitrogens is 2. The number of hydrogen-bond donors (Lipinski definition) is 1.